The van der Waals surface area contributed by atoms with E-state index < -0.39 is 11.7 Å². The maximum atomic E-state index is 12.8. The van der Waals surface area contributed by atoms with Crippen LogP contribution in [0.4, 0.5) is 13.2 Å². The van der Waals surface area contributed by atoms with Gasteiger partial charge in [0.1, 0.15) is 5.69 Å². The number of pyridine rings is 1. The first-order chi connectivity index (χ1) is 14.4. The van der Waals surface area contributed by atoms with Crippen LogP contribution >= 0.6 is 0 Å². The first-order valence-corrected chi connectivity index (χ1v) is 9.33. The fourth-order valence-electron chi connectivity index (χ4n) is 3.80. The van der Waals surface area contributed by atoms with Crippen LogP contribution in [-0.4, -0.2) is 24.5 Å². The van der Waals surface area contributed by atoms with Crippen LogP contribution in [0, 0.1) is 6.92 Å². The van der Waals surface area contributed by atoms with E-state index in [0.717, 1.165) is 39.6 Å². The summed E-state index contributed by atoms with van der Waals surface area (Å²) in [6.07, 6.45) is -0.835. The number of aromatic nitrogens is 5. The Morgan fingerprint density at radius 3 is 2.47 bits per heavy atom. The van der Waals surface area contributed by atoms with Crippen LogP contribution in [0.25, 0.3) is 27.5 Å². The average Bonchev–Trinajstić information content (AvgIpc) is 3.32. The smallest absolute Gasteiger partial charge is 0.333 e. The van der Waals surface area contributed by atoms with Gasteiger partial charge < -0.3 is 4.57 Å². The van der Waals surface area contributed by atoms with Crippen molar-refractivity contribution in [1.82, 2.24) is 24.5 Å². The Hall–Kier alpha value is -3.68. The van der Waals surface area contributed by atoms with E-state index in [1.165, 1.54) is 16.8 Å². The number of alkyl halides is 3. The summed E-state index contributed by atoms with van der Waals surface area (Å²) in [6.45, 7) is 2.44. The Bertz CT molecular complexity index is 1360. The Balaban J connectivity index is 1.53. The number of hydrogen-bond donors (Lipinski definition) is 0. The van der Waals surface area contributed by atoms with Gasteiger partial charge in [0.05, 0.1) is 35.2 Å². The standard InChI is InChI=1S/C22H16F3N5/c1-14-21-19(10-11-26-14)18-4-2-3-5-20(18)29(21)12-16-13-30(28-27-16)17-8-6-15(7-9-17)22(23,24)25/h2-11,13H,12H2,1H3. The van der Waals surface area contributed by atoms with Crippen molar-refractivity contribution in [3.63, 3.8) is 0 Å². The highest BCUT2D eigenvalue weighted by Crippen LogP contribution is 2.31. The van der Waals surface area contributed by atoms with Crippen molar-refractivity contribution in [1.29, 1.82) is 0 Å². The molecule has 5 aromatic rings. The van der Waals surface area contributed by atoms with E-state index in [0.29, 0.717) is 17.9 Å². The van der Waals surface area contributed by atoms with E-state index in [9.17, 15) is 13.2 Å². The first kappa shape index (κ1) is 18.4. The largest absolute Gasteiger partial charge is 0.416 e. The predicted octanol–water partition coefficient (Wildman–Crippen LogP) is 5.15. The molecule has 0 aliphatic heterocycles. The summed E-state index contributed by atoms with van der Waals surface area (Å²) in [5, 5.41) is 10.6. The number of nitrogens with zero attached hydrogens (tertiary/aromatic N) is 5. The van der Waals surface area contributed by atoms with E-state index in [1.807, 2.05) is 25.1 Å². The molecule has 3 heterocycles. The molecule has 8 heteroatoms. The fourth-order valence-corrected chi connectivity index (χ4v) is 3.80. The van der Waals surface area contributed by atoms with Crippen molar-refractivity contribution in [3.8, 4) is 5.69 Å². The third-order valence-corrected chi connectivity index (χ3v) is 5.18. The van der Waals surface area contributed by atoms with Crippen LogP contribution in [0.2, 0.25) is 0 Å². The normalized spacial score (nSPS) is 12.1. The molecule has 0 aliphatic rings. The fraction of sp³-hybridized carbons (Fsp3) is 0.136. The van der Waals surface area contributed by atoms with E-state index in [-0.39, 0.29) is 0 Å². The van der Waals surface area contributed by atoms with Crippen molar-refractivity contribution >= 4 is 21.8 Å². The van der Waals surface area contributed by atoms with Gasteiger partial charge in [-0.2, -0.15) is 13.2 Å². The van der Waals surface area contributed by atoms with E-state index in [1.54, 1.807) is 12.4 Å². The summed E-state index contributed by atoms with van der Waals surface area (Å²) < 4.78 is 42.0. The minimum atomic E-state index is -4.37. The summed E-state index contributed by atoms with van der Waals surface area (Å²) >= 11 is 0. The molecule has 3 aromatic heterocycles. The lowest BCUT2D eigenvalue weighted by Crippen LogP contribution is -2.05. The maximum Gasteiger partial charge on any atom is 0.416 e. The summed E-state index contributed by atoms with van der Waals surface area (Å²) in [4.78, 5) is 4.43. The molecule has 0 amide bonds. The number of halogens is 3. The summed E-state index contributed by atoms with van der Waals surface area (Å²) in [7, 11) is 0. The third-order valence-electron chi connectivity index (χ3n) is 5.18. The van der Waals surface area contributed by atoms with E-state index >= 15 is 0 Å². The lowest BCUT2D eigenvalue weighted by molar-refractivity contribution is -0.137. The zero-order valence-corrected chi connectivity index (χ0v) is 15.9. The molecule has 0 saturated carbocycles. The number of benzene rings is 2. The van der Waals surface area contributed by atoms with E-state index in [2.05, 4.69) is 32.0 Å². The predicted molar refractivity (Wildman–Crippen MR) is 107 cm³/mol. The highest BCUT2D eigenvalue weighted by Gasteiger charge is 2.30. The second-order valence-electron chi connectivity index (χ2n) is 7.09. The molecule has 0 unspecified atom stereocenters. The molecule has 0 spiro atoms. The monoisotopic (exact) mass is 407 g/mol. The number of para-hydroxylation sites is 1. The maximum absolute atomic E-state index is 12.8. The topological polar surface area (TPSA) is 48.5 Å². The van der Waals surface area contributed by atoms with Gasteiger partial charge in [-0.25, -0.2) is 4.68 Å². The van der Waals surface area contributed by atoms with Crippen molar-refractivity contribution in [3.05, 3.63) is 83.9 Å². The molecule has 0 bridgehead atoms. The van der Waals surface area contributed by atoms with Gasteiger partial charge in [-0.05, 0) is 43.3 Å². The summed E-state index contributed by atoms with van der Waals surface area (Å²) in [5.41, 5.74) is 3.52. The van der Waals surface area contributed by atoms with E-state index in [4.69, 9.17) is 0 Å². The van der Waals surface area contributed by atoms with Gasteiger partial charge in [0.2, 0.25) is 0 Å². The second kappa shape index (κ2) is 6.69. The average molecular weight is 407 g/mol. The number of aryl methyl sites for hydroxylation is 1. The number of rotatable bonds is 3. The molecule has 0 atom stereocenters. The van der Waals surface area contributed by atoms with Crippen LogP contribution in [0.15, 0.2) is 67.0 Å². The van der Waals surface area contributed by atoms with Crippen molar-refractivity contribution in [2.75, 3.05) is 0 Å². The zero-order chi connectivity index (χ0) is 20.9. The number of fused-ring (bicyclic) bond motifs is 3. The molecule has 0 radical (unpaired) electrons. The quantitative estimate of drug-likeness (QED) is 0.416. The summed E-state index contributed by atoms with van der Waals surface area (Å²) in [5.74, 6) is 0. The van der Waals surface area contributed by atoms with Gasteiger partial charge in [-0.15, -0.1) is 5.10 Å². The van der Waals surface area contributed by atoms with Gasteiger partial charge in [0, 0.05) is 22.5 Å². The molecule has 0 aliphatic carbocycles. The molecule has 5 rings (SSSR count). The Kier molecular flexibility index (Phi) is 4.09. The SMILES string of the molecule is Cc1nccc2c3ccccc3n(Cc3cn(-c4ccc(C(F)(F)F)cc4)nn3)c12. The molecule has 0 fully saturated rings. The number of hydrogen-bond acceptors (Lipinski definition) is 3. The Labute approximate surface area is 169 Å². The van der Waals surface area contributed by atoms with Crippen LogP contribution in [0.3, 0.4) is 0 Å². The molecule has 150 valence electrons. The molecular weight excluding hydrogens is 391 g/mol. The minimum absolute atomic E-state index is 0.469. The zero-order valence-electron chi connectivity index (χ0n) is 15.9. The van der Waals surface area contributed by atoms with Gasteiger partial charge in [0.25, 0.3) is 0 Å². The molecule has 0 N–H and O–H groups in total. The van der Waals surface area contributed by atoms with Gasteiger partial charge in [-0.1, -0.05) is 23.4 Å². The lowest BCUT2D eigenvalue weighted by atomic mass is 10.2. The molecule has 5 nitrogen and oxygen atoms in total. The lowest BCUT2D eigenvalue weighted by Gasteiger charge is -2.07. The highest BCUT2D eigenvalue weighted by molar-refractivity contribution is 6.08. The van der Waals surface area contributed by atoms with Gasteiger partial charge in [0.15, 0.2) is 0 Å². The van der Waals surface area contributed by atoms with Crippen LogP contribution in [0.1, 0.15) is 17.0 Å². The Morgan fingerprint density at radius 2 is 1.70 bits per heavy atom. The van der Waals surface area contributed by atoms with Gasteiger partial charge in [-0.3, -0.25) is 4.98 Å². The van der Waals surface area contributed by atoms with Crippen molar-refractivity contribution in [2.45, 2.75) is 19.6 Å². The first-order valence-electron chi connectivity index (χ1n) is 9.33. The van der Waals surface area contributed by atoms with Crippen LogP contribution in [0.5, 0.6) is 0 Å². The van der Waals surface area contributed by atoms with Crippen LogP contribution < -0.4 is 0 Å². The minimum Gasteiger partial charge on any atom is -0.333 e. The third kappa shape index (κ3) is 3.01. The van der Waals surface area contributed by atoms with Crippen molar-refractivity contribution in [2.24, 2.45) is 0 Å². The Morgan fingerprint density at radius 1 is 0.933 bits per heavy atom. The molecule has 0 saturated heterocycles. The van der Waals surface area contributed by atoms with Gasteiger partial charge >= 0.3 is 6.18 Å². The molecule has 30 heavy (non-hydrogen) atoms. The summed E-state index contributed by atoms with van der Waals surface area (Å²) in [6, 6.07) is 15.0. The van der Waals surface area contributed by atoms with Crippen LogP contribution in [-0.2, 0) is 12.7 Å². The molecular formula is C22H16F3N5. The highest BCUT2D eigenvalue weighted by atomic mass is 19.4. The van der Waals surface area contributed by atoms with Crippen molar-refractivity contribution < 1.29 is 13.2 Å². The second-order valence-corrected chi connectivity index (χ2v) is 7.09. The molecule has 2 aromatic carbocycles.